The molecule has 0 saturated carbocycles. The summed E-state index contributed by atoms with van der Waals surface area (Å²) < 4.78 is 34.2. The quantitative estimate of drug-likeness (QED) is 0.590. The molecule has 0 aromatic heterocycles. The van der Waals surface area contributed by atoms with Crippen LogP contribution in [0, 0.1) is 6.92 Å². The molecule has 0 aliphatic carbocycles. The van der Waals surface area contributed by atoms with Crippen LogP contribution in [0.4, 0.5) is 0 Å². The Bertz CT molecular complexity index is 419. The summed E-state index contributed by atoms with van der Waals surface area (Å²) >= 11 is 0. The lowest BCUT2D eigenvalue weighted by Crippen LogP contribution is -1.96. The van der Waals surface area contributed by atoms with E-state index in [9.17, 15) is 8.42 Å². The van der Waals surface area contributed by atoms with Gasteiger partial charge in [-0.25, -0.2) is 0 Å². The van der Waals surface area contributed by atoms with E-state index >= 15 is 0 Å². The molecule has 1 aromatic carbocycles. The van der Waals surface area contributed by atoms with Crippen LogP contribution < -0.4 is 0 Å². The van der Waals surface area contributed by atoms with Crippen LogP contribution in [0.25, 0.3) is 0 Å². The second-order valence-electron chi connectivity index (χ2n) is 3.43. The Morgan fingerprint density at radius 1 is 1.38 bits per heavy atom. The summed E-state index contributed by atoms with van der Waals surface area (Å²) in [6.45, 7) is 2.80. The number of benzene rings is 1. The van der Waals surface area contributed by atoms with Gasteiger partial charge in [0.25, 0.3) is 10.1 Å². The van der Waals surface area contributed by atoms with Crippen LogP contribution in [0.1, 0.15) is 5.56 Å². The Morgan fingerprint density at radius 3 is 2.12 bits per heavy atom. The maximum absolute atomic E-state index is 10.5. The number of ether oxygens (including phenoxy) is 1. The van der Waals surface area contributed by atoms with Gasteiger partial charge in [-0.1, -0.05) is 17.7 Å². The Balaban J connectivity index is 0.000000212. The molecule has 1 aliphatic rings. The first-order valence-corrected chi connectivity index (χ1v) is 6.14. The van der Waals surface area contributed by atoms with E-state index in [4.69, 9.17) is 9.66 Å². The van der Waals surface area contributed by atoms with Crippen molar-refractivity contribution in [3.05, 3.63) is 29.8 Å². The fraction of sp³-hybridized carbons (Fsp3) is 0.400. The van der Waals surface area contributed by atoms with Crippen molar-refractivity contribution in [1.29, 1.82) is 0 Å². The van der Waals surface area contributed by atoms with E-state index in [0.717, 1.165) is 12.2 Å². The van der Waals surface area contributed by atoms with E-state index in [-0.39, 0.29) is 17.6 Å². The third-order valence-corrected chi connectivity index (χ3v) is 2.79. The molecule has 2 rings (SSSR count). The van der Waals surface area contributed by atoms with E-state index in [2.05, 4.69) is 4.74 Å². The first kappa shape index (κ1) is 13.1. The fourth-order valence-electron chi connectivity index (χ4n) is 0.884. The summed E-state index contributed by atoms with van der Waals surface area (Å²) in [5, 5.41) is 8.08. The number of hydrogen-bond donors (Lipinski definition) is 2. The molecule has 1 atom stereocenters. The highest BCUT2D eigenvalue weighted by Crippen LogP contribution is 2.08. The summed E-state index contributed by atoms with van der Waals surface area (Å²) in [4.78, 5) is -0.0666. The first-order chi connectivity index (χ1) is 7.43. The summed E-state index contributed by atoms with van der Waals surface area (Å²) in [7, 11) is -4.02. The summed E-state index contributed by atoms with van der Waals surface area (Å²) in [5.74, 6) is 0. The van der Waals surface area contributed by atoms with E-state index in [1.807, 2.05) is 6.92 Å². The number of rotatable bonds is 2. The maximum atomic E-state index is 10.5. The Morgan fingerprint density at radius 2 is 1.88 bits per heavy atom. The highest BCUT2D eigenvalue weighted by atomic mass is 32.2. The van der Waals surface area contributed by atoms with Crippen LogP contribution >= 0.6 is 0 Å². The van der Waals surface area contributed by atoms with Crippen molar-refractivity contribution in [2.75, 3.05) is 13.2 Å². The lowest BCUT2D eigenvalue weighted by atomic mass is 10.2. The number of aryl methyl sites for hydroxylation is 1. The molecular weight excluding hydrogens is 232 g/mol. The van der Waals surface area contributed by atoms with E-state index in [1.165, 1.54) is 12.1 Å². The summed E-state index contributed by atoms with van der Waals surface area (Å²) in [6.07, 6.45) is 0.190. The van der Waals surface area contributed by atoms with Gasteiger partial charge >= 0.3 is 0 Å². The van der Waals surface area contributed by atoms with E-state index in [0.29, 0.717) is 0 Å². The largest absolute Gasteiger partial charge is 0.394 e. The molecular formula is C10H14O5S. The van der Waals surface area contributed by atoms with Crippen LogP contribution in [-0.4, -0.2) is 37.4 Å². The zero-order valence-electron chi connectivity index (χ0n) is 8.83. The molecule has 2 N–H and O–H groups in total. The SMILES string of the molecule is Cc1ccc(S(=O)(=O)O)cc1.OC[C@H]1CO1. The molecule has 0 bridgehead atoms. The minimum absolute atomic E-state index is 0.0666. The highest BCUT2D eigenvalue weighted by molar-refractivity contribution is 7.85. The fourth-order valence-corrected chi connectivity index (χ4v) is 1.36. The van der Waals surface area contributed by atoms with E-state index in [1.54, 1.807) is 12.1 Å². The van der Waals surface area contributed by atoms with Gasteiger partial charge in [-0.3, -0.25) is 4.55 Å². The Labute approximate surface area is 94.4 Å². The van der Waals surface area contributed by atoms with Gasteiger partial charge in [0.2, 0.25) is 0 Å². The van der Waals surface area contributed by atoms with Crippen molar-refractivity contribution in [2.24, 2.45) is 0 Å². The first-order valence-electron chi connectivity index (χ1n) is 4.70. The van der Waals surface area contributed by atoms with Gasteiger partial charge in [0.1, 0.15) is 6.10 Å². The molecule has 0 spiro atoms. The molecule has 1 aliphatic heterocycles. The molecule has 6 heteroatoms. The zero-order valence-corrected chi connectivity index (χ0v) is 9.64. The van der Waals surface area contributed by atoms with Gasteiger partial charge in [-0.05, 0) is 19.1 Å². The minimum Gasteiger partial charge on any atom is -0.394 e. The van der Waals surface area contributed by atoms with Crippen LogP contribution in [0.15, 0.2) is 29.2 Å². The average molecular weight is 246 g/mol. The molecule has 0 radical (unpaired) electrons. The third kappa shape index (κ3) is 4.71. The van der Waals surface area contributed by atoms with E-state index < -0.39 is 10.1 Å². The molecule has 5 nitrogen and oxygen atoms in total. The van der Waals surface area contributed by atoms with Crippen LogP contribution in [0.3, 0.4) is 0 Å². The molecule has 1 saturated heterocycles. The van der Waals surface area contributed by atoms with Crippen molar-refractivity contribution in [3.8, 4) is 0 Å². The Kier molecular flexibility index (Phi) is 4.43. The molecule has 16 heavy (non-hydrogen) atoms. The Hall–Kier alpha value is -0.950. The van der Waals surface area contributed by atoms with Crippen molar-refractivity contribution in [3.63, 3.8) is 0 Å². The second kappa shape index (κ2) is 5.40. The van der Waals surface area contributed by atoms with Crippen LogP contribution in [0.5, 0.6) is 0 Å². The normalized spacial score (nSPS) is 18.6. The van der Waals surface area contributed by atoms with Gasteiger partial charge in [0.05, 0.1) is 18.1 Å². The highest BCUT2D eigenvalue weighted by Gasteiger charge is 2.19. The molecule has 1 fully saturated rings. The second-order valence-corrected chi connectivity index (χ2v) is 4.85. The average Bonchev–Trinajstić information content (AvgIpc) is 3.01. The van der Waals surface area contributed by atoms with Gasteiger partial charge in [0.15, 0.2) is 0 Å². The third-order valence-electron chi connectivity index (χ3n) is 1.92. The van der Waals surface area contributed by atoms with Crippen LogP contribution in [0.2, 0.25) is 0 Å². The van der Waals surface area contributed by atoms with Gasteiger partial charge in [-0.15, -0.1) is 0 Å². The maximum Gasteiger partial charge on any atom is 0.294 e. The zero-order chi connectivity index (χ0) is 12.2. The molecule has 1 heterocycles. The lowest BCUT2D eigenvalue weighted by Gasteiger charge is -1.95. The van der Waals surface area contributed by atoms with Gasteiger partial charge in [-0.2, -0.15) is 8.42 Å². The monoisotopic (exact) mass is 246 g/mol. The van der Waals surface area contributed by atoms with Gasteiger partial charge < -0.3 is 9.84 Å². The summed E-state index contributed by atoms with van der Waals surface area (Å²) in [5.41, 5.74) is 0.956. The topological polar surface area (TPSA) is 87.1 Å². The smallest absolute Gasteiger partial charge is 0.294 e. The predicted octanol–water partition coefficient (Wildman–Crippen LogP) is 0.619. The number of epoxide rings is 1. The standard InChI is InChI=1S/C7H8O3S.C3H6O2/c1-6-2-4-7(5-3-6)11(8,9)10;4-1-3-2-5-3/h2-5H,1H3,(H,8,9,10);3-4H,1-2H2/t;3-/m.0/s1. The van der Waals surface area contributed by atoms with Crippen LogP contribution in [-0.2, 0) is 14.9 Å². The molecule has 0 unspecified atom stereocenters. The lowest BCUT2D eigenvalue weighted by molar-refractivity contribution is 0.244. The number of hydrogen-bond acceptors (Lipinski definition) is 4. The van der Waals surface area contributed by atoms with Gasteiger partial charge in [0, 0.05) is 0 Å². The molecule has 1 aromatic rings. The number of aliphatic hydroxyl groups is 1. The van der Waals surface area contributed by atoms with Crippen molar-refractivity contribution in [2.45, 2.75) is 17.9 Å². The van der Waals surface area contributed by atoms with Crippen molar-refractivity contribution in [1.82, 2.24) is 0 Å². The summed E-state index contributed by atoms with van der Waals surface area (Å²) in [6, 6.07) is 5.99. The van der Waals surface area contributed by atoms with Crippen molar-refractivity contribution < 1.29 is 22.8 Å². The number of aliphatic hydroxyl groups excluding tert-OH is 1. The predicted molar refractivity (Wildman–Crippen MR) is 57.8 cm³/mol. The molecule has 0 amide bonds. The minimum atomic E-state index is -4.02. The molecule has 90 valence electrons. The van der Waals surface area contributed by atoms with Crippen molar-refractivity contribution >= 4 is 10.1 Å².